The molecule has 0 saturated heterocycles. The van der Waals surface area contributed by atoms with E-state index in [0.29, 0.717) is 5.47 Å². The molecule has 0 atom stereocenters. The van der Waals surface area contributed by atoms with Crippen LogP contribution in [-0.2, 0) is 4.74 Å². The van der Waals surface area contributed by atoms with Gasteiger partial charge in [-0.05, 0) is 26.2 Å². The Hall–Kier alpha value is -1.30. The molecule has 0 radical (unpaired) electrons. The average Bonchev–Trinajstić information content (AvgIpc) is 2.03. The molecule has 0 aromatic carbocycles. The van der Waals surface area contributed by atoms with Crippen LogP contribution in [0.15, 0.2) is 11.7 Å². The van der Waals surface area contributed by atoms with E-state index in [1.54, 1.807) is 20.8 Å². The lowest BCUT2D eigenvalue weighted by molar-refractivity contribution is 0.0552. The lowest BCUT2D eigenvalue weighted by Gasteiger charge is -2.18. The zero-order valence-electron chi connectivity index (χ0n) is 8.63. The van der Waals surface area contributed by atoms with E-state index in [0.717, 1.165) is 6.21 Å². The highest BCUT2D eigenvalue weighted by Gasteiger charge is 2.14. The van der Waals surface area contributed by atoms with Gasteiger partial charge in [-0.1, -0.05) is 0 Å². The third-order valence-corrected chi connectivity index (χ3v) is 1.14. The molecule has 0 heterocycles. The quantitative estimate of drug-likeness (QED) is 0.451. The van der Waals surface area contributed by atoms with E-state index >= 15 is 0 Å². The molecule has 0 saturated carbocycles. The summed E-state index contributed by atoms with van der Waals surface area (Å²) >= 11 is 0. The smallest absolute Gasteiger partial charge is 0.411 e. The normalized spacial score (nSPS) is 11.9. The van der Waals surface area contributed by atoms with Crippen molar-refractivity contribution in [2.24, 2.45) is 0 Å². The van der Waals surface area contributed by atoms with Crippen LogP contribution in [0.2, 0.25) is 0 Å². The molecule has 3 N–H and O–H groups in total. The lowest BCUT2D eigenvalue weighted by Crippen LogP contribution is -2.30. The first-order valence-electron chi connectivity index (χ1n) is 4.19. The van der Waals surface area contributed by atoms with E-state index in [1.807, 2.05) is 0 Å². The van der Waals surface area contributed by atoms with Crippen LogP contribution in [0.5, 0.6) is 0 Å². The molecule has 5 nitrogen and oxygen atoms in total. The molecule has 1 amide bonds. The first kappa shape index (κ1) is 12.7. The molecule has 0 rings (SSSR count). The molecule has 0 spiro atoms. The van der Waals surface area contributed by atoms with Gasteiger partial charge >= 0.3 is 13.6 Å². The van der Waals surface area contributed by atoms with Crippen LogP contribution in [0.3, 0.4) is 0 Å². The molecular weight excluding hydrogens is 183 g/mol. The second kappa shape index (κ2) is 5.44. The second-order valence-corrected chi connectivity index (χ2v) is 3.67. The number of amides is 1. The largest absolute Gasteiger partial charge is 0.449 e. The van der Waals surface area contributed by atoms with E-state index in [9.17, 15) is 4.79 Å². The molecular formula is C8H15BN2O3. The Morgan fingerprint density at radius 1 is 1.57 bits per heavy atom. The van der Waals surface area contributed by atoms with Crippen molar-refractivity contribution >= 4 is 19.8 Å². The predicted molar refractivity (Wildman–Crippen MR) is 55.6 cm³/mol. The van der Waals surface area contributed by atoms with Crippen LogP contribution in [-0.4, -0.2) is 30.4 Å². The Morgan fingerprint density at radius 3 is 2.50 bits per heavy atom. The van der Waals surface area contributed by atoms with Crippen LogP contribution in [0.4, 0.5) is 4.79 Å². The van der Waals surface area contributed by atoms with Crippen molar-refractivity contribution in [3.63, 3.8) is 0 Å². The van der Waals surface area contributed by atoms with E-state index in [1.165, 1.54) is 6.20 Å². The summed E-state index contributed by atoms with van der Waals surface area (Å²) in [5.74, 6) is 0. The van der Waals surface area contributed by atoms with Crippen LogP contribution in [0.1, 0.15) is 20.8 Å². The van der Waals surface area contributed by atoms with Gasteiger partial charge in [-0.3, -0.25) is 5.32 Å². The van der Waals surface area contributed by atoms with Gasteiger partial charge in [0.1, 0.15) is 5.60 Å². The van der Waals surface area contributed by atoms with Gasteiger partial charge in [-0.15, -0.1) is 0 Å². The highest BCUT2D eigenvalue weighted by Crippen LogP contribution is 2.06. The first-order valence-corrected chi connectivity index (χ1v) is 4.19. The summed E-state index contributed by atoms with van der Waals surface area (Å²) in [4.78, 5) is 11.1. The fourth-order valence-electron chi connectivity index (χ4n) is 0.592. The Balaban J connectivity index is 4.08. The fourth-order valence-corrected chi connectivity index (χ4v) is 0.592. The van der Waals surface area contributed by atoms with Gasteiger partial charge in [0.05, 0.1) is 0 Å². The topological polar surface area (TPSA) is 82.4 Å². The Morgan fingerprint density at radius 2 is 2.14 bits per heavy atom. The predicted octanol–water partition coefficient (Wildman–Crippen LogP) is 0.346. The van der Waals surface area contributed by atoms with Gasteiger partial charge in [0.2, 0.25) is 0 Å². The molecule has 0 aliphatic carbocycles. The van der Waals surface area contributed by atoms with Crippen LogP contribution < -0.4 is 5.32 Å². The molecule has 78 valence electrons. The number of hydrogen-bond acceptors (Lipinski definition) is 4. The van der Waals surface area contributed by atoms with Crippen molar-refractivity contribution in [1.82, 2.24) is 5.32 Å². The fraction of sp³-hybridized carbons (Fsp3) is 0.500. The number of nitrogens with one attached hydrogen (secondary N) is 2. The third-order valence-electron chi connectivity index (χ3n) is 1.14. The van der Waals surface area contributed by atoms with Gasteiger partial charge in [0.15, 0.2) is 0 Å². The van der Waals surface area contributed by atoms with Crippen molar-refractivity contribution in [2.75, 3.05) is 0 Å². The number of hydrogen-bond donors (Lipinski definition) is 3. The van der Waals surface area contributed by atoms with Crippen molar-refractivity contribution in [3.8, 4) is 0 Å². The van der Waals surface area contributed by atoms with Gasteiger partial charge in [-0.2, -0.15) is 0 Å². The minimum atomic E-state index is -0.606. The molecule has 0 unspecified atom stereocenters. The van der Waals surface area contributed by atoms with Gasteiger partial charge in [-0.25, -0.2) is 4.79 Å². The SMILES string of the molecule is CC(C)(C)OC(=O)N/C=C(/BO)C=N. The van der Waals surface area contributed by atoms with Crippen molar-refractivity contribution < 1.29 is 14.6 Å². The lowest BCUT2D eigenvalue weighted by atomic mass is 9.90. The molecule has 0 aliphatic rings. The standard InChI is InChI=1S/C8H15BN2O3/c1-8(2,3)14-7(12)11-5-6(4-10)9-13/h4-5,9-10,13H,1-3H3,(H,11,12)/b6-5+,10-4?. The molecule has 0 aromatic heterocycles. The maximum atomic E-state index is 11.1. The van der Waals surface area contributed by atoms with Crippen molar-refractivity contribution in [2.45, 2.75) is 26.4 Å². The third kappa shape index (κ3) is 6.25. The maximum absolute atomic E-state index is 11.1. The zero-order valence-corrected chi connectivity index (χ0v) is 8.63. The summed E-state index contributed by atoms with van der Waals surface area (Å²) in [6.07, 6.45) is 1.59. The monoisotopic (exact) mass is 198 g/mol. The minimum Gasteiger partial charge on any atom is -0.449 e. The molecule has 0 aliphatic heterocycles. The van der Waals surface area contributed by atoms with Crippen LogP contribution >= 0.6 is 0 Å². The Bertz CT molecular complexity index is 245. The van der Waals surface area contributed by atoms with E-state index in [4.69, 9.17) is 15.2 Å². The van der Waals surface area contributed by atoms with Crippen molar-refractivity contribution in [3.05, 3.63) is 11.7 Å². The summed E-state index contributed by atoms with van der Waals surface area (Å²) in [6.45, 7) is 5.25. The Kier molecular flexibility index (Phi) is 4.94. The van der Waals surface area contributed by atoms with E-state index < -0.39 is 11.7 Å². The number of rotatable bonds is 3. The maximum Gasteiger partial charge on any atom is 0.411 e. The van der Waals surface area contributed by atoms with E-state index in [2.05, 4.69) is 5.32 Å². The molecule has 0 bridgehead atoms. The molecule has 6 heteroatoms. The number of carbonyl (C=O) groups is 1. The number of allylic oxidation sites excluding steroid dienone is 1. The van der Waals surface area contributed by atoms with Gasteiger partial charge in [0, 0.05) is 12.4 Å². The van der Waals surface area contributed by atoms with Gasteiger partial charge < -0.3 is 15.2 Å². The Labute approximate surface area is 83.9 Å². The summed E-state index contributed by atoms with van der Waals surface area (Å²) in [7, 11) is -0.292. The second-order valence-electron chi connectivity index (χ2n) is 3.67. The van der Waals surface area contributed by atoms with Crippen LogP contribution in [0, 0.1) is 5.41 Å². The summed E-state index contributed by atoms with van der Waals surface area (Å²) in [5.41, 5.74) is -0.252. The summed E-state index contributed by atoms with van der Waals surface area (Å²) < 4.78 is 4.93. The average molecular weight is 198 g/mol. The number of alkyl carbamates (subject to hydrolysis) is 1. The summed E-state index contributed by atoms with van der Waals surface area (Å²) in [5, 5.41) is 17.8. The van der Waals surface area contributed by atoms with Gasteiger partial charge in [0.25, 0.3) is 0 Å². The molecule has 14 heavy (non-hydrogen) atoms. The van der Waals surface area contributed by atoms with Crippen molar-refractivity contribution in [1.29, 1.82) is 5.41 Å². The zero-order chi connectivity index (χ0) is 11.2. The first-order chi connectivity index (χ1) is 6.39. The molecule has 0 aromatic rings. The van der Waals surface area contributed by atoms with Crippen LogP contribution in [0.25, 0.3) is 0 Å². The molecule has 0 fully saturated rings. The minimum absolute atomic E-state index is 0.292. The highest BCUT2D eigenvalue weighted by atomic mass is 16.6. The number of carbonyl (C=O) groups excluding carboxylic acids is 1. The highest BCUT2D eigenvalue weighted by molar-refractivity contribution is 6.44. The number of ether oxygens (including phenoxy) is 1. The van der Waals surface area contributed by atoms with E-state index in [-0.39, 0.29) is 7.48 Å². The summed E-state index contributed by atoms with van der Waals surface area (Å²) in [6, 6.07) is 0.